The van der Waals surface area contributed by atoms with E-state index in [4.69, 9.17) is 0 Å². The number of hydrogen-bond donors (Lipinski definition) is 0. The Morgan fingerprint density at radius 3 is 2.00 bits per heavy atom. The average molecular weight is 475 g/mol. The minimum Gasteiger partial charge on any atom is -0.234 e. The van der Waals surface area contributed by atoms with Crippen LogP contribution in [0, 0.1) is 0 Å². The molecule has 4 aromatic carbocycles. The van der Waals surface area contributed by atoms with Crippen molar-refractivity contribution in [3.05, 3.63) is 136 Å². The van der Waals surface area contributed by atoms with E-state index >= 15 is 0 Å². The minimum absolute atomic E-state index is 0.337. The fraction of sp³-hybridized carbons (Fsp3) is 0.0370. The third-order valence-corrected chi connectivity index (χ3v) is 6.29. The quantitative estimate of drug-likeness (QED) is 0.231. The molecule has 5 rings (SSSR count). The van der Waals surface area contributed by atoms with Gasteiger partial charge in [-0.15, -0.1) is 0 Å². The van der Waals surface area contributed by atoms with Crippen molar-refractivity contribution in [2.75, 3.05) is 0 Å². The third-order valence-electron chi connectivity index (χ3n) is 5.79. The Balaban J connectivity index is 0.00000106. The predicted molar refractivity (Wildman–Crippen MR) is 132 cm³/mol. The van der Waals surface area contributed by atoms with Gasteiger partial charge in [-0.2, -0.15) is 0 Å². The molecule has 2 atom stereocenters. The fourth-order valence-electron chi connectivity index (χ4n) is 4.60. The molecule has 0 spiro atoms. The molecule has 3 heteroatoms. The Labute approximate surface area is 187 Å². The van der Waals surface area contributed by atoms with Gasteiger partial charge in [0, 0.05) is 4.47 Å². The van der Waals surface area contributed by atoms with Gasteiger partial charge in [-0.3, -0.25) is 0 Å². The molecule has 0 aromatic heterocycles. The van der Waals surface area contributed by atoms with Gasteiger partial charge < -0.3 is 0 Å². The first kappa shape index (κ1) is 20.7. The number of rotatable bonds is 3. The van der Waals surface area contributed by atoms with Gasteiger partial charge in [-0.25, -0.2) is 4.20 Å². The summed E-state index contributed by atoms with van der Waals surface area (Å²) < 4.78 is 10.5. The lowest BCUT2D eigenvalue weighted by Crippen LogP contribution is -2.28. The van der Waals surface area contributed by atoms with Gasteiger partial charge in [-0.1, -0.05) is 114 Å². The maximum Gasteiger partial charge on any atom is 0.0713 e. The highest BCUT2D eigenvalue weighted by atomic mass is 79.9. The molecule has 0 fully saturated rings. The van der Waals surface area contributed by atoms with Crippen LogP contribution in [0.1, 0.15) is 27.8 Å². The van der Waals surface area contributed by atoms with E-state index < -0.39 is 0 Å². The van der Waals surface area contributed by atoms with Crippen molar-refractivity contribution in [3.63, 3.8) is 0 Å². The highest BCUT2D eigenvalue weighted by Gasteiger charge is 2.45. The molecule has 0 heterocycles. The van der Waals surface area contributed by atoms with E-state index in [1.54, 1.807) is 0 Å². The van der Waals surface area contributed by atoms with Crippen molar-refractivity contribution in [2.45, 2.75) is 5.41 Å². The number of benzene rings is 4. The van der Waals surface area contributed by atoms with Crippen molar-refractivity contribution in [3.8, 4) is 11.1 Å². The second kappa shape index (κ2) is 8.68. The first-order valence-corrected chi connectivity index (χ1v) is 10.9. The molecule has 0 saturated carbocycles. The largest absolute Gasteiger partial charge is 0.234 e. The summed E-state index contributed by atoms with van der Waals surface area (Å²) >= 11 is 3.72. The molecule has 0 bridgehead atoms. The van der Waals surface area contributed by atoms with Crippen molar-refractivity contribution in [1.29, 1.82) is 0 Å². The van der Waals surface area contributed by atoms with Crippen LogP contribution in [0.2, 0.25) is 0 Å². The lowest BCUT2D eigenvalue weighted by atomic mass is 9.67. The molecule has 0 aliphatic heterocycles. The monoisotopic (exact) mass is 474 g/mol. The van der Waals surface area contributed by atoms with Crippen LogP contribution >= 0.6 is 25.5 Å². The maximum absolute atomic E-state index is 9.42. The van der Waals surface area contributed by atoms with Crippen LogP contribution in [0.15, 0.2) is 108 Å². The maximum atomic E-state index is 9.42. The molecule has 30 heavy (non-hydrogen) atoms. The van der Waals surface area contributed by atoms with Crippen LogP contribution in [-0.4, -0.2) is 0 Å². The lowest BCUT2D eigenvalue weighted by Gasteiger charge is -2.34. The Morgan fingerprint density at radius 2 is 1.30 bits per heavy atom. The normalized spacial score (nSPS) is 16.1. The van der Waals surface area contributed by atoms with E-state index in [-0.39, 0.29) is 5.41 Å². The van der Waals surface area contributed by atoms with Crippen LogP contribution in [0.5, 0.6) is 0 Å². The Bertz CT molecular complexity index is 1190. The van der Waals surface area contributed by atoms with E-state index in [1.165, 1.54) is 33.4 Å². The third kappa shape index (κ3) is 3.16. The van der Waals surface area contributed by atoms with Crippen LogP contribution in [-0.2, 0) is 5.41 Å². The van der Waals surface area contributed by atoms with E-state index in [0.29, 0.717) is 0 Å². The number of fused-ring (bicyclic) bond motifs is 3. The van der Waals surface area contributed by atoms with Gasteiger partial charge in [-0.05, 0) is 51.1 Å². The molecule has 1 aliphatic rings. The van der Waals surface area contributed by atoms with E-state index in [9.17, 15) is 4.20 Å². The molecule has 0 nitrogen and oxygen atoms in total. The summed E-state index contributed by atoms with van der Waals surface area (Å²) in [7, 11) is 0.917. The van der Waals surface area contributed by atoms with Crippen LogP contribution < -0.4 is 0 Å². The number of hydrogen-bond acceptors (Lipinski definition) is 0. The highest BCUT2D eigenvalue weighted by Crippen LogP contribution is 2.56. The van der Waals surface area contributed by atoms with Crippen molar-refractivity contribution in [2.24, 2.45) is 0 Å². The molecule has 0 radical (unpaired) electrons. The molecule has 148 valence electrons. The average Bonchev–Trinajstić information content (AvgIpc) is 3.11. The minimum atomic E-state index is -0.337. The number of halogens is 2. The standard InChI is InChI=1S/C27H19Br.FH2P/c1-2-19-12-14-21(15-13-19)27(20-8-4-3-5-9-20)25-11-7-6-10-23(25)24-17-16-22(28)18-26(24)27;1-2/h2-18H,1H2;2H2. The molecule has 0 N–H and O–H groups in total. The van der Waals surface area contributed by atoms with Crippen molar-refractivity contribution in [1.82, 2.24) is 0 Å². The zero-order valence-electron chi connectivity index (χ0n) is 16.4. The summed E-state index contributed by atoms with van der Waals surface area (Å²) in [5.41, 5.74) is 8.61. The molecular weight excluding hydrogens is 454 g/mol. The van der Waals surface area contributed by atoms with Crippen molar-refractivity contribution >= 4 is 31.6 Å². The topological polar surface area (TPSA) is 0 Å². The summed E-state index contributed by atoms with van der Waals surface area (Å²) in [4.78, 5) is 0. The molecule has 2 unspecified atom stereocenters. The zero-order valence-corrected chi connectivity index (χ0v) is 19.1. The SMILES string of the molecule is C=Cc1ccc(C2(c3ccccc3)c3ccccc3-c3ccc(Br)cc32)cc1.FP. The fourth-order valence-corrected chi connectivity index (χ4v) is 4.96. The molecular formula is C27H21BrFP. The molecule has 4 aromatic rings. The summed E-state index contributed by atoms with van der Waals surface area (Å²) in [5.74, 6) is 0. The zero-order chi connectivity index (χ0) is 21.1. The predicted octanol–water partition coefficient (Wildman–Crippen LogP) is 8.20. The summed E-state index contributed by atoms with van der Waals surface area (Å²) in [6.45, 7) is 3.91. The van der Waals surface area contributed by atoms with Crippen molar-refractivity contribution < 1.29 is 4.20 Å². The van der Waals surface area contributed by atoms with Crippen LogP contribution in [0.4, 0.5) is 4.20 Å². The van der Waals surface area contributed by atoms with Gasteiger partial charge >= 0.3 is 0 Å². The highest BCUT2D eigenvalue weighted by molar-refractivity contribution is 9.10. The second-order valence-electron chi connectivity index (χ2n) is 7.18. The van der Waals surface area contributed by atoms with E-state index in [2.05, 4.69) is 120 Å². The first-order valence-electron chi connectivity index (χ1n) is 9.65. The lowest BCUT2D eigenvalue weighted by molar-refractivity contribution is 0.768. The summed E-state index contributed by atoms with van der Waals surface area (Å²) in [5, 5.41) is 0. The second-order valence-corrected chi connectivity index (χ2v) is 8.09. The van der Waals surface area contributed by atoms with Gasteiger partial charge in [0.15, 0.2) is 0 Å². The van der Waals surface area contributed by atoms with Gasteiger partial charge in [0.05, 0.1) is 15.0 Å². The molecule has 0 saturated heterocycles. The first-order chi connectivity index (χ1) is 14.7. The summed E-state index contributed by atoms with van der Waals surface area (Å²) in [6, 6.07) is 35.1. The van der Waals surface area contributed by atoms with Gasteiger partial charge in [0.2, 0.25) is 0 Å². The van der Waals surface area contributed by atoms with Crippen LogP contribution in [0.25, 0.3) is 17.2 Å². The smallest absolute Gasteiger partial charge is 0.0713 e. The van der Waals surface area contributed by atoms with Crippen LogP contribution in [0.3, 0.4) is 0 Å². The Morgan fingerprint density at radius 1 is 0.700 bits per heavy atom. The molecule has 1 aliphatic carbocycles. The van der Waals surface area contributed by atoms with E-state index in [1.807, 2.05) is 6.08 Å². The van der Waals surface area contributed by atoms with Gasteiger partial charge in [0.25, 0.3) is 0 Å². The Hall–Kier alpha value is -2.54. The van der Waals surface area contributed by atoms with E-state index in [0.717, 1.165) is 19.6 Å². The summed E-state index contributed by atoms with van der Waals surface area (Å²) in [6.07, 6.45) is 1.89. The van der Waals surface area contributed by atoms with Gasteiger partial charge in [0.1, 0.15) is 0 Å². The molecule has 0 amide bonds. The Kier molecular flexibility index (Phi) is 5.99.